The topological polar surface area (TPSA) is 69.4 Å². The smallest absolute Gasteiger partial charge is 0.306 e. The highest BCUT2D eigenvalue weighted by Crippen LogP contribution is 2.31. The van der Waals surface area contributed by atoms with E-state index in [4.69, 9.17) is 6.57 Å². The van der Waals surface area contributed by atoms with Crippen LogP contribution in [0.15, 0.2) is 70.4 Å². The second kappa shape index (κ2) is 10.0. The summed E-state index contributed by atoms with van der Waals surface area (Å²) in [5.74, 6) is 0. The third-order valence-electron chi connectivity index (χ3n) is 7.13. The Hall–Kier alpha value is -4.43. The Morgan fingerprint density at radius 3 is 2.33 bits per heavy atom. The summed E-state index contributed by atoms with van der Waals surface area (Å²) in [6, 6.07) is 12.4. The predicted molar refractivity (Wildman–Crippen MR) is 141 cm³/mol. The first-order chi connectivity index (χ1) is 18.6. The van der Waals surface area contributed by atoms with Crippen LogP contribution in [0.5, 0.6) is 0 Å². The molecule has 0 amide bonds. The van der Waals surface area contributed by atoms with Crippen molar-refractivity contribution in [1.29, 1.82) is 0 Å². The van der Waals surface area contributed by atoms with Crippen molar-refractivity contribution in [2.45, 2.75) is 32.0 Å². The molecule has 0 bridgehead atoms. The lowest BCUT2D eigenvalue weighted by Gasteiger charge is -2.30. The zero-order valence-corrected chi connectivity index (χ0v) is 21.3. The van der Waals surface area contributed by atoms with Gasteiger partial charge < -0.3 is 4.90 Å². The number of rotatable bonds is 4. The van der Waals surface area contributed by atoms with E-state index < -0.39 is 29.0 Å². The van der Waals surface area contributed by atoms with Crippen molar-refractivity contribution >= 4 is 5.69 Å². The minimum absolute atomic E-state index is 0.0164. The van der Waals surface area contributed by atoms with Gasteiger partial charge in [-0.2, -0.15) is 18.3 Å². The number of aromatic nitrogens is 4. The van der Waals surface area contributed by atoms with E-state index in [1.54, 1.807) is 37.3 Å². The quantitative estimate of drug-likeness (QED) is 0.346. The Morgan fingerprint density at radius 1 is 1.00 bits per heavy atom. The van der Waals surface area contributed by atoms with Crippen LogP contribution in [0.1, 0.15) is 30.1 Å². The minimum atomic E-state index is -4.60. The third-order valence-corrected chi connectivity index (χ3v) is 7.13. The largest absolute Gasteiger partial charge is 0.416 e. The van der Waals surface area contributed by atoms with Crippen LogP contribution < -0.4 is 11.2 Å². The molecule has 11 heteroatoms. The predicted octanol–water partition coefficient (Wildman–Crippen LogP) is 5.00. The van der Waals surface area contributed by atoms with Crippen LogP contribution in [-0.4, -0.2) is 44.0 Å². The van der Waals surface area contributed by atoms with Gasteiger partial charge in [0.15, 0.2) is 5.69 Å². The molecule has 4 aromatic rings. The number of halogens is 3. The van der Waals surface area contributed by atoms with Crippen LogP contribution in [0.25, 0.3) is 27.5 Å². The molecule has 0 saturated carbocycles. The normalized spacial score (nSPS) is 14.9. The Kier molecular flexibility index (Phi) is 6.74. The number of benzene rings is 2. The lowest BCUT2D eigenvalue weighted by Crippen LogP contribution is -2.46. The van der Waals surface area contributed by atoms with E-state index in [-0.39, 0.29) is 16.9 Å². The van der Waals surface area contributed by atoms with Crippen LogP contribution >= 0.6 is 0 Å². The van der Waals surface area contributed by atoms with Gasteiger partial charge >= 0.3 is 11.9 Å². The molecule has 2 aromatic carbocycles. The van der Waals surface area contributed by atoms with E-state index in [9.17, 15) is 22.8 Å². The first kappa shape index (κ1) is 26.2. The first-order valence-electron chi connectivity index (χ1n) is 12.4. The molecule has 1 saturated heterocycles. The molecule has 0 spiro atoms. The van der Waals surface area contributed by atoms with Crippen LogP contribution in [-0.2, 0) is 6.18 Å². The number of hydrogen-bond donors (Lipinski definition) is 0. The Bertz CT molecular complexity index is 1680. The summed E-state index contributed by atoms with van der Waals surface area (Å²) < 4.78 is 44.6. The van der Waals surface area contributed by atoms with Crippen LogP contribution in [0.4, 0.5) is 18.9 Å². The van der Waals surface area contributed by atoms with Crippen molar-refractivity contribution in [2.75, 3.05) is 20.1 Å². The maximum absolute atomic E-state index is 14.1. The zero-order valence-electron chi connectivity index (χ0n) is 21.3. The van der Waals surface area contributed by atoms with Crippen molar-refractivity contribution in [3.63, 3.8) is 0 Å². The molecule has 200 valence electrons. The summed E-state index contributed by atoms with van der Waals surface area (Å²) >= 11 is 0. The molecule has 8 nitrogen and oxygen atoms in total. The molecule has 0 atom stereocenters. The van der Waals surface area contributed by atoms with E-state index in [1.165, 1.54) is 32.1 Å². The molecule has 0 unspecified atom stereocenters. The maximum atomic E-state index is 14.1. The summed E-state index contributed by atoms with van der Waals surface area (Å²) in [6.45, 7) is 10.1. The molecule has 0 N–H and O–H groups in total. The van der Waals surface area contributed by atoms with Crippen molar-refractivity contribution < 1.29 is 13.2 Å². The van der Waals surface area contributed by atoms with Gasteiger partial charge in [-0.25, -0.2) is 14.3 Å². The first-order valence-corrected chi connectivity index (χ1v) is 12.4. The van der Waals surface area contributed by atoms with Crippen molar-refractivity contribution in [3.05, 3.63) is 104 Å². The zero-order chi connectivity index (χ0) is 27.9. The highest BCUT2D eigenvalue weighted by molar-refractivity contribution is 5.65. The van der Waals surface area contributed by atoms with E-state index in [1.807, 2.05) is 7.05 Å². The van der Waals surface area contributed by atoms with E-state index >= 15 is 0 Å². The van der Waals surface area contributed by atoms with Gasteiger partial charge in [-0.05, 0) is 76.3 Å². The van der Waals surface area contributed by atoms with Crippen molar-refractivity contribution in [3.8, 4) is 22.6 Å². The molecular weight excluding hydrogens is 509 g/mol. The molecule has 0 aliphatic carbocycles. The van der Waals surface area contributed by atoms with Gasteiger partial charge in [-0.1, -0.05) is 18.2 Å². The fourth-order valence-electron chi connectivity index (χ4n) is 5.09. The average molecular weight is 535 g/mol. The standard InChI is InChI=1S/C28H25F3N6O2/c1-18-25(24-11-14-33-37(24)22-9-7-20(32-2)8-10-22)26(38)36(21-12-15-34(3)16-13-21)27(39)35(18)23-6-4-5-19(17-23)28(29,30)31/h4-11,14,17,21H,12-13,15-16H2,1,3H3. The van der Waals surface area contributed by atoms with Gasteiger partial charge in [0.1, 0.15) is 0 Å². The van der Waals surface area contributed by atoms with Gasteiger partial charge in [-0.3, -0.25) is 13.9 Å². The van der Waals surface area contributed by atoms with Gasteiger partial charge in [0.2, 0.25) is 0 Å². The molecule has 39 heavy (non-hydrogen) atoms. The lowest BCUT2D eigenvalue weighted by atomic mass is 10.0. The van der Waals surface area contributed by atoms with Crippen LogP contribution in [0.2, 0.25) is 0 Å². The van der Waals surface area contributed by atoms with Crippen LogP contribution in [0, 0.1) is 13.5 Å². The highest BCUT2D eigenvalue weighted by atomic mass is 19.4. The lowest BCUT2D eigenvalue weighted by molar-refractivity contribution is -0.137. The van der Waals surface area contributed by atoms with Crippen molar-refractivity contribution in [2.24, 2.45) is 0 Å². The average Bonchev–Trinajstić information content (AvgIpc) is 3.39. The third kappa shape index (κ3) is 4.79. The SMILES string of the molecule is [C-]#[N+]c1ccc(-n2nccc2-c2c(C)n(-c3cccc(C(F)(F)F)c3)c(=O)n(C3CCN(C)CC3)c2=O)cc1. The molecule has 1 aliphatic rings. The number of nitrogens with zero attached hydrogens (tertiary/aromatic N) is 6. The van der Waals surface area contributed by atoms with Gasteiger partial charge in [0.05, 0.1) is 41.0 Å². The summed E-state index contributed by atoms with van der Waals surface area (Å²) in [6.07, 6.45) is -1.99. The molecule has 0 radical (unpaired) electrons. The second-order valence-corrected chi connectivity index (χ2v) is 9.59. The Morgan fingerprint density at radius 2 is 1.69 bits per heavy atom. The van der Waals surface area contributed by atoms with E-state index in [0.29, 0.717) is 43.0 Å². The monoisotopic (exact) mass is 534 g/mol. The summed E-state index contributed by atoms with van der Waals surface area (Å²) in [5.41, 5.74) is -0.300. The number of hydrogen-bond acceptors (Lipinski definition) is 4. The summed E-state index contributed by atoms with van der Waals surface area (Å²) in [7, 11) is 1.96. The van der Waals surface area contributed by atoms with Crippen molar-refractivity contribution in [1.82, 2.24) is 23.8 Å². The summed E-state index contributed by atoms with van der Waals surface area (Å²) in [5, 5.41) is 4.37. The minimum Gasteiger partial charge on any atom is -0.306 e. The number of piperidine rings is 1. The number of alkyl halides is 3. The fraction of sp³-hybridized carbons (Fsp3) is 0.286. The maximum Gasteiger partial charge on any atom is 0.416 e. The van der Waals surface area contributed by atoms with E-state index in [2.05, 4.69) is 14.8 Å². The number of likely N-dealkylation sites (tertiary alicyclic amines) is 1. The Balaban J connectivity index is 1.79. The molecule has 2 aromatic heterocycles. The highest BCUT2D eigenvalue weighted by Gasteiger charge is 2.32. The molecule has 5 rings (SSSR count). The van der Waals surface area contributed by atoms with E-state index in [0.717, 1.165) is 12.1 Å². The fourth-order valence-corrected chi connectivity index (χ4v) is 5.09. The van der Waals surface area contributed by atoms with Gasteiger partial charge in [0.25, 0.3) is 5.56 Å². The van der Waals surface area contributed by atoms with Crippen LogP contribution in [0.3, 0.4) is 0 Å². The molecule has 1 fully saturated rings. The molecular formula is C28H25F3N6O2. The Labute approximate surface area is 222 Å². The molecule has 3 heterocycles. The summed E-state index contributed by atoms with van der Waals surface area (Å²) in [4.78, 5) is 33.4. The van der Waals surface area contributed by atoms with Gasteiger partial charge in [0, 0.05) is 11.7 Å². The molecule has 1 aliphatic heterocycles. The van der Waals surface area contributed by atoms with Gasteiger partial charge in [-0.15, -0.1) is 0 Å². The second-order valence-electron chi connectivity index (χ2n) is 9.59.